The van der Waals surface area contributed by atoms with Gasteiger partial charge in [0.1, 0.15) is 11.6 Å². The van der Waals surface area contributed by atoms with Gasteiger partial charge in [-0.3, -0.25) is 9.78 Å². The van der Waals surface area contributed by atoms with Gasteiger partial charge in [-0.25, -0.2) is 0 Å². The van der Waals surface area contributed by atoms with Gasteiger partial charge in [0, 0.05) is 16.0 Å². The van der Waals surface area contributed by atoms with Crippen molar-refractivity contribution < 1.29 is 0 Å². The summed E-state index contributed by atoms with van der Waals surface area (Å²) in [7, 11) is 0. The summed E-state index contributed by atoms with van der Waals surface area (Å²) >= 11 is 2.14. The molecule has 0 aromatic carbocycles. The average Bonchev–Trinajstić information content (AvgIpc) is 2.27. The number of hydrogen-bond acceptors (Lipinski definition) is 3. The van der Waals surface area contributed by atoms with E-state index in [9.17, 15) is 4.79 Å². The van der Waals surface area contributed by atoms with E-state index < -0.39 is 0 Å². The lowest BCUT2D eigenvalue weighted by atomic mass is 10.1. The molecule has 0 saturated heterocycles. The van der Waals surface area contributed by atoms with Crippen molar-refractivity contribution in [3.8, 4) is 6.07 Å². The molecular formula is C10H6IN3O. The summed E-state index contributed by atoms with van der Waals surface area (Å²) in [5, 5.41) is 9.79. The Morgan fingerprint density at radius 3 is 3.07 bits per heavy atom. The highest BCUT2D eigenvalue weighted by Gasteiger charge is 2.10. The molecular weight excluding hydrogens is 305 g/mol. The largest absolute Gasteiger partial charge is 0.319 e. The van der Waals surface area contributed by atoms with Crippen molar-refractivity contribution in [2.75, 3.05) is 0 Å². The molecule has 2 aromatic heterocycles. The van der Waals surface area contributed by atoms with Crippen LogP contribution in [0.5, 0.6) is 0 Å². The normalized spacial score (nSPS) is 10.1. The molecule has 0 radical (unpaired) electrons. The molecule has 2 rings (SSSR count). The molecule has 74 valence electrons. The third kappa shape index (κ3) is 1.61. The Kier molecular flexibility index (Phi) is 2.68. The zero-order valence-corrected chi connectivity index (χ0v) is 9.78. The van der Waals surface area contributed by atoms with Crippen molar-refractivity contribution in [1.29, 1.82) is 5.26 Å². The smallest absolute Gasteiger partial charge is 0.266 e. The van der Waals surface area contributed by atoms with E-state index in [-0.39, 0.29) is 11.1 Å². The first kappa shape index (κ1) is 10.1. The molecule has 0 amide bonds. The zero-order valence-electron chi connectivity index (χ0n) is 7.62. The van der Waals surface area contributed by atoms with Crippen LogP contribution in [0.3, 0.4) is 0 Å². The fourth-order valence-corrected chi connectivity index (χ4v) is 2.26. The van der Waals surface area contributed by atoms with Crippen LogP contribution < -0.4 is 5.56 Å². The van der Waals surface area contributed by atoms with Gasteiger partial charge in [-0.05, 0) is 11.6 Å². The molecule has 0 unspecified atom stereocenters. The summed E-state index contributed by atoms with van der Waals surface area (Å²) in [6, 6.07) is 3.74. The van der Waals surface area contributed by atoms with Gasteiger partial charge in [0.2, 0.25) is 0 Å². The highest BCUT2D eigenvalue weighted by atomic mass is 127. The van der Waals surface area contributed by atoms with E-state index in [2.05, 4.69) is 32.6 Å². The number of fused-ring (bicyclic) bond motifs is 1. The van der Waals surface area contributed by atoms with Crippen molar-refractivity contribution in [1.82, 2.24) is 9.97 Å². The van der Waals surface area contributed by atoms with Crippen LogP contribution in [0.25, 0.3) is 10.9 Å². The Morgan fingerprint density at radius 1 is 1.60 bits per heavy atom. The maximum atomic E-state index is 11.5. The standard InChI is InChI=1S/C10H6IN3O/c11-3-7-6-1-2-13-5-9(6)14-10(15)8(7)4-12/h1-2,5H,3H2,(H,14,15). The van der Waals surface area contributed by atoms with Gasteiger partial charge in [0.25, 0.3) is 5.56 Å². The predicted octanol–water partition coefficient (Wildman–Crippen LogP) is 1.73. The molecule has 0 atom stereocenters. The van der Waals surface area contributed by atoms with E-state index in [0.717, 1.165) is 10.9 Å². The monoisotopic (exact) mass is 311 g/mol. The quantitative estimate of drug-likeness (QED) is 0.644. The van der Waals surface area contributed by atoms with Crippen molar-refractivity contribution in [2.24, 2.45) is 0 Å². The number of pyridine rings is 2. The van der Waals surface area contributed by atoms with Gasteiger partial charge in [-0.1, -0.05) is 22.6 Å². The molecule has 0 aliphatic heterocycles. The number of hydrogen-bond donors (Lipinski definition) is 1. The minimum Gasteiger partial charge on any atom is -0.319 e. The number of nitrogens with zero attached hydrogens (tertiary/aromatic N) is 2. The lowest BCUT2D eigenvalue weighted by Gasteiger charge is -2.04. The second kappa shape index (κ2) is 3.98. The third-order valence-electron chi connectivity index (χ3n) is 2.17. The number of H-pyrrole nitrogens is 1. The fraction of sp³-hybridized carbons (Fsp3) is 0.100. The van der Waals surface area contributed by atoms with E-state index in [1.165, 1.54) is 0 Å². The summed E-state index contributed by atoms with van der Waals surface area (Å²) in [5.74, 6) is 0. The first-order valence-corrected chi connectivity index (χ1v) is 5.75. The van der Waals surface area contributed by atoms with Gasteiger partial charge in [0.15, 0.2) is 0 Å². The van der Waals surface area contributed by atoms with Crippen LogP contribution in [0, 0.1) is 11.3 Å². The Labute approximate surface area is 99.1 Å². The highest BCUT2D eigenvalue weighted by Crippen LogP contribution is 2.19. The van der Waals surface area contributed by atoms with Gasteiger partial charge in [-0.15, -0.1) is 0 Å². The minimum absolute atomic E-state index is 0.197. The van der Waals surface area contributed by atoms with Crippen LogP contribution in [-0.2, 0) is 4.43 Å². The Morgan fingerprint density at radius 2 is 2.40 bits per heavy atom. The number of nitrogens with one attached hydrogen (secondary N) is 1. The summed E-state index contributed by atoms with van der Waals surface area (Å²) in [6.45, 7) is 0. The second-order valence-electron chi connectivity index (χ2n) is 2.97. The topological polar surface area (TPSA) is 69.5 Å². The number of aromatic nitrogens is 2. The Hall–Kier alpha value is -1.42. The van der Waals surface area contributed by atoms with E-state index in [0.29, 0.717) is 9.94 Å². The van der Waals surface area contributed by atoms with E-state index in [4.69, 9.17) is 5.26 Å². The SMILES string of the molecule is N#Cc1c(CI)c2ccncc2[nH]c1=O. The summed E-state index contributed by atoms with van der Waals surface area (Å²) in [5.41, 5.74) is 1.31. The van der Waals surface area contributed by atoms with Crippen molar-refractivity contribution in [3.63, 3.8) is 0 Å². The van der Waals surface area contributed by atoms with Gasteiger partial charge in [-0.2, -0.15) is 5.26 Å². The van der Waals surface area contributed by atoms with Crippen molar-refractivity contribution in [3.05, 3.63) is 39.9 Å². The lowest BCUT2D eigenvalue weighted by molar-refractivity contribution is 1.21. The number of halogens is 1. The van der Waals surface area contributed by atoms with Crippen molar-refractivity contribution >= 4 is 33.5 Å². The van der Waals surface area contributed by atoms with Crippen LogP contribution in [0.1, 0.15) is 11.1 Å². The van der Waals surface area contributed by atoms with E-state index >= 15 is 0 Å². The molecule has 0 fully saturated rings. The van der Waals surface area contributed by atoms with E-state index in [1.54, 1.807) is 18.5 Å². The minimum atomic E-state index is -0.343. The number of rotatable bonds is 1. The lowest BCUT2D eigenvalue weighted by Crippen LogP contribution is -2.13. The highest BCUT2D eigenvalue weighted by molar-refractivity contribution is 14.1. The van der Waals surface area contributed by atoms with Gasteiger partial charge < -0.3 is 4.98 Å². The molecule has 15 heavy (non-hydrogen) atoms. The molecule has 4 nitrogen and oxygen atoms in total. The second-order valence-corrected chi connectivity index (χ2v) is 3.74. The number of alkyl halides is 1. The molecule has 5 heteroatoms. The third-order valence-corrected chi connectivity index (χ3v) is 2.93. The predicted molar refractivity (Wildman–Crippen MR) is 64.8 cm³/mol. The summed E-state index contributed by atoms with van der Waals surface area (Å²) in [6.07, 6.45) is 3.24. The van der Waals surface area contributed by atoms with Crippen LogP contribution in [-0.4, -0.2) is 9.97 Å². The molecule has 1 N–H and O–H groups in total. The van der Waals surface area contributed by atoms with Gasteiger partial charge >= 0.3 is 0 Å². The van der Waals surface area contributed by atoms with E-state index in [1.807, 2.05) is 6.07 Å². The molecule has 2 heterocycles. The average molecular weight is 311 g/mol. The molecule has 2 aromatic rings. The molecule has 0 saturated carbocycles. The van der Waals surface area contributed by atoms with Crippen LogP contribution >= 0.6 is 22.6 Å². The summed E-state index contributed by atoms with van der Waals surface area (Å²) < 4.78 is 0.630. The van der Waals surface area contributed by atoms with Crippen LogP contribution in [0.2, 0.25) is 0 Å². The van der Waals surface area contributed by atoms with Crippen molar-refractivity contribution in [2.45, 2.75) is 4.43 Å². The molecule has 0 aliphatic rings. The maximum absolute atomic E-state index is 11.5. The molecule has 0 bridgehead atoms. The fourth-order valence-electron chi connectivity index (χ4n) is 1.47. The Balaban J connectivity index is 2.99. The van der Waals surface area contributed by atoms with Crippen LogP contribution in [0.4, 0.5) is 0 Å². The van der Waals surface area contributed by atoms with Crippen LogP contribution in [0.15, 0.2) is 23.3 Å². The Bertz CT molecular complexity index is 612. The van der Waals surface area contributed by atoms with Gasteiger partial charge in [0.05, 0.1) is 11.7 Å². The molecule has 0 aliphatic carbocycles. The first-order valence-electron chi connectivity index (χ1n) is 4.23. The first-order chi connectivity index (χ1) is 7.27. The molecule has 0 spiro atoms. The zero-order chi connectivity index (χ0) is 10.8. The maximum Gasteiger partial charge on any atom is 0.266 e. The number of aromatic amines is 1. The number of nitriles is 1. The summed E-state index contributed by atoms with van der Waals surface area (Å²) in [4.78, 5) is 18.1.